The van der Waals surface area contributed by atoms with Crippen LogP contribution < -0.4 is 0 Å². The molecule has 1 fully saturated rings. The van der Waals surface area contributed by atoms with E-state index in [9.17, 15) is 4.39 Å². The third-order valence-electron chi connectivity index (χ3n) is 2.35. The standard InChI is InChI=1S/C9H12FNOS/c10-8-1-2-13-9(8)5-11-3-7(4-11)6-12/h1-2,7,12H,3-6H2. The molecule has 72 valence electrons. The molecule has 0 spiro atoms. The Morgan fingerprint density at radius 2 is 2.38 bits per heavy atom. The van der Waals surface area contributed by atoms with Gasteiger partial charge in [-0.1, -0.05) is 0 Å². The molecule has 2 rings (SSSR count). The van der Waals surface area contributed by atoms with E-state index in [2.05, 4.69) is 4.90 Å². The Kier molecular flexibility index (Phi) is 2.62. The summed E-state index contributed by atoms with van der Waals surface area (Å²) in [4.78, 5) is 2.95. The maximum absolute atomic E-state index is 13.0. The molecule has 0 aliphatic carbocycles. The van der Waals surface area contributed by atoms with Crippen molar-refractivity contribution >= 4 is 11.3 Å². The molecule has 1 N–H and O–H groups in total. The van der Waals surface area contributed by atoms with Gasteiger partial charge >= 0.3 is 0 Å². The summed E-state index contributed by atoms with van der Waals surface area (Å²) in [6.07, 6.45) is 0. The third kappa shape index (κ3) is 1.90. The summed E-state index contributed by atoms with van der Waals surface area (Å²) in [5.74, 6) is 0.306. The van der Waals surface area contributed by atoms with E-state index in [4.69, 9.17) is 5.11 Å². The van der Waals surface area contributed by atoms with Crippen molar-refractivity contribution in [3.05, 3.63) is 22.1 Å². The SMILES string of the molecule is OCC1CN(Cc2sccc2F)C1. The van der Waals surface area contributed by atoms with E-state index >= 15 is 0 Å². The lowest BCUT2D eigenvalue weighted by atomic mass is 10.0. The Balaban J connectivity index is 1.84. The smallest absolute Gasteiger partial charge is 0.138 e. The molecule has 0 saturated carbocycles. The normalized spacial score (nSPS) is 18.9. The van der Waals surface area contributed by atoms with Gasteiger partial charge in [-0.25, -0.2) is 4.39 Å². The first-order valence-corrected chi connectivity index (χ1v) is 5.22. The summed E-state index contributed by atoms with van der Waals surface area (Å²) in [5.41, 5.74) is 0. The zero-order valence-corrected chi connectivity index (χ0v) is 8.06. The van der Waals surface area contributed by atoms with Gasteiger partial charge in [0, 0.05) is 32.2 Å². The first-order chi connectivity index (χ1) is 6.29. The van der Waals surface area contributed by atoms with Gasteiger partial charge in [0.2, 0.25) is 0 Å². The van der Waals surface area contributed by atoms with Crippen LogP contribution in [0, 0.1) is 11.7 Å². The van der Waals surface area contributed by atoms with Gasteiger partial charge in [-0.3, -0.25) is 4.90 Å². The molecule has 1 aliphatic heterocycles. The lowest BCUT2D eigenvalue weighted by molar-refractivity contribution is 0.0480. The van der Waals surface area contributed by atoms with Crippen LogP contribution in [0.2, 0.25) is 0 Å². The van der Waals surface area contributed by atoms with E-state index in [1.54, 1.807) is 5.38 Å². The number of rotatable bonds is 3. The van der Waals surface area contributed by atoms with E-state index in [-0.39, 0.29) is 12.4 Å². The van der Waals surface area contributed by atoms with Crippen LogP contribution in [0.3, 0.4) is 0 Å². The van der Waals surface area contributed by atoms with E-state index in [0.29, 0.717) is 12.5 Å². The molecule has 1 aromatic rings. The Bertz CT molecular complexity index is 283. The fourth-order valence-corrected chi connectivity index (χ4v) is 2.35. The number of hydrogen-bond donors (Lipinski definition) is 1. The minimum atomic E-state index is -0.0996. The molecule has 13 heavy (non-hydrogen) atoms. The zero-order valence-electron chi connectivity index (χ0n) is 7.24. The molecule has 0 radical (unpaired) electrons. The van der Waals surface area contributed by atoms with E-state index in [1.807, 2.05) is 0 Å². The molecule has 0 atom stereocenters. The van der Waals surface area contributed by atoms with Crippen molar-refractivity contribution in [3.8, 4) is 0 Å². The molecular weight excluding hydrogens is 189 g/mol. The van der Waals surface area contributed by atoms with Crippen LogP contribution in [0.5, 0.6) is 0 Å². The van der Waals surface area contributed by atoms with E-state index < -0.39 is 0 Å². The highest BCUT2D eigenvalue weighted by Gasteiger charge is 2.26. The maximum atomic E-state index is 13.0. The number of hydrogen-bond acceptors (Lipinski definition) is 3. The van der Waals surface area contributed by atoms with Crippen LogP contribution in [0.25, 0.3) is 0 Å². The Morgan fingerprint density at radius 1 is 1.62 bits per heavy atom. The van der Waals surface area contributed by atoms with Gasteiger partial charge in [-0.2, -0.15) is 0 Å². The number of halogens is 1. The van der Waals surface area contributed by atoms with Gasteiger partial charge in [0.25, 0.3) is 0 Å². The van der Waals surface area contributed by atoms with Gasteiger partial charge in [-0.05, 0) is 11.4 Å². The van der Waals surface area contributed by atoms with Crippen molar-refractivity contribution in [2.75, 3.05) is 19.7 Å². The Hall–Kier alpha value is -0.450. The van der Waals surface area contributed by atoms with Crippen molar-refractivity contribution in [3.63, 3.8) is 0 Å². The summed E-state index contributed by atoms with van der Waals surface area (Å²) in [6, 6.07) is 1.50. The molecule has 0 amide bonds. The van der Waals surface area contributed by atoms with Crippen LogP contribution in [0.4, 0.5) is 4.39 Å². The first-order valence-electron chi connectivity index (χ1n) is 4.34. The van der Waals surface area contributed by atoms with E-state index in [1.165, 1.54) is 17.4 Å². The van der Waals surface area contributed by atoms with Crippen LogP contribution in [0.15, 0.2) is 11.4 Å². The van der Waals surface area contributed by atoms with Crippen LogP contribution in [0.1, 0.15) is 4.88 Å². The number of thiophene rings is 1. The van der Waals surface area contributed by atoms with Gasteiger partial charge in [0.1, 0.15) is 5.82 Å². The summed E-state index contributed by atoms with van der Waals surface area (Å²) < 4.78 is 13.0. The lowest BCUT2D eigenvalue weighted by Crippen LogP contribution is -2.47. The van der Waals surface area contributed by atoms with Crippen molar-refractivity contribution in [1.82, 2.24) is 4.90 Å². The monoisotopic (exact) mass is 201 g/mol. The third-order valence-corrected chi connectivity index (χ3v) is 3.23. The zero-order chi connectivity index (χ0) is 9.26. The summed E-state index contributed by atoms with van der Waals surface area (Å²) >= 11 is 1.46. The van der Waals surface area contributed by atoms with Gasteiger partial charge in [-0.15, -0.1) is 11.3 Å². The average molecular weight is 201 g/mol. The highest BCUT2D eigenvalue weighted by molar-refractivity contribution is 7.09. The van der Waals surface area contributed by atoms with Gasteiger partial charge < -0.3 is 5.11 Å². The molecule has 0 unspecified atom stereocenters. The van der Waals surface area contributed by atoms with Crippen molar-refractivity contribution in [1.29, 1.82) is 0 Å². The highest BCUT2D eigenvalue weighted by atomic mass is 32.1. The van der Waals surface area contributed by atoms with E-state index in [0.717, 1.165) is 18.0 Å². The highest BCUT2D eigenvalue weighted by Crippen LogP contribution is 2.22. The van der Waals surface area contributed by atoms with Gasteiger partial charge in [0.05, 0.1) is 4.88 Å². The molecule has 4 heteroatoms. The lowest BCUT2D eigenvalue weighted by Gasteiger charge is -2.37. The maximum Gasteiger partial charge on any atom is 0.138 e. The molecule has 1 aliphatic rings. The second-order valence-electron chi connectivity index (χ2n) is 3.43. The predicted octanol–water partition coefficient (Wildman–Crippen LogP) is 1.31. The summed E-state index contributed by atoms with van der Waals surface area (Å²) in [5, 5.41) is 10.6. The quantitative estimate of drug-likeness (QED) is 0.797. The predicted molar refractivity (Wildman–Crippen MR) is 50.1 cm³/mol. The fraction of sp³-hybridized carbons (Fsp3) is 0.556. The van der Waals surface area contributed by atoms with Crippen LogP contribution in [-0.4, -0.2) is 29.7 Å². The molecule has 0 bridgehead atoms. The van der Waals surface area contributed by atoms with Gasteiger partial charge in [0.15, 0.2) is 0 Å². The summed E-state index contributed by atoms with van der Waals surface area (Å²) in [6.45, 7) is 2.74. The molecular formula is C9H12FNOS. The largest absolute Gasteiger partial charge is 0.396 e. The minimum Gasteiger partial charge on any atom is -0.396 e. The average Bonchev–Trinajstić information content (AvgIpc) is 2.43. The number of likely N-dealkylation sites (tertiary alicyclic amines) is 1. The Labute approximate surface area is 80.6 Å². The van der Waals surface area contributed by atoms with Crippen LogP contribution in [-0.2, 0) is 6.54 Å². The summed E-state index contributed by atoms with van der Waals surface area (Å²) in [7, 11) is 0. The van der Waals surface area contributed by atoms with Crippen LogP contribution >= 0.6 is 11.3 Å². The Morgan fingerprint density at radius 3 is 2.92 bits per heavy atom. The first kappa shape index (κ1) is 9.12. The molecule has 2 nitrogen and oxygen atoms in total. The number of nitrogens with zero attached hydrogens (tertiary/aromatic N) is 1. The topological polar surface area (TPSA) is 23.5 Å². The number of aliphatic hydroxyl groups excluding tert-OH is 1. The van der Waals surface area contributed by atoms with Crippen molar-refractivity contribution in [2.45, 2.75) is 6.54 Å². The molecule has 1 aromatic heterocycles. The number of aliphatic hydroxyl groups is 1. The second kappa shape index (κ2) is 3.74. The molecule has 1 saturated heterocycles. The van der Waals surface area contributed by atoms with Crippen molar-refractivity contribution < 1.29 is 9.50 Å². The minimum absolute atomic E-state index is 0.0996. The fourth-order valence-electron chi connectivity index (χ4n) is 1.56. The second-order valence-corrected chi connectivity index (χ2v) is 4.44. The molecule has 0 aromatic carbocycles. The van der Waals surface area contributed by atoms with Crippen molar-refractivity contribution in [2.24, 2.45) is 5.92 Å². The molecule has 2 heterocycles.